The molecule has 0 spiro atoms. The third-order valence-electron chi connectivity index (χ3n) is 3.27. The smallest absolute Gasteiger partial charge is 0.240 e. The van der Waals surface area contributed by atoms with Crippen LogP contribution in [0.25, 0.3) is 0 Å². The number of benzene rings is 1. The molecule has 0 saturated heterocycles. The van der Waals surface area contributed by atoms with E-state index >= 15 is 0 Å². The molecule has 1 aromatic heterocycles. The normalized spacial score (nSPS) is 11.3. The zero-order valence-electron chi connectivity index (χ0n) is 14.3. The maximum Gasteiger partial charge on any atom is 0.240 e. The number of nitrogens with one attached hydrogen (secondary N) is 1. The Labute approximate surface area is 148 Å². The first-order valence-electron chi connectivity index (χ1n) is 7.85. The lowest BCUT2D eigenvalue weighted by molar-refractivity contribution is 0.146. The van der Waals surface area contributed by atoms with Crippen LogP contribution in [0.1, 0.15) is 12.5 Å². The summed E-state index contributed by atoms with van der Waals surface area (Å²) in [6.07, 6.45) is 1.60. The first-order chi connectivity index (χ1) is 12.1. The number of ether oxygens (including phenoxy) is 3. The van der Waals surface area contributed by atoms with Crippen molar-refractivity contribution < 1.29 is 22.6 Å². The molecule has 0 aliphatic heterocycles. The van der Waals surface area contributed by atoms with Crippen LogP contribution in [-0.4, -0.2) is 40.3 Å². The molecule has 0 atom stereocenters. The summed E-state index contributed by atoms with van der Waals surface area (Å²) >= 11 is 0. The van der Waals surface area contributed by atoms with Crippen LogP contribution in [-0.2, 0) is 21.3 Å². The van der Waals surface area contributed by atoms with E-state index in [9.17, 15) is 8.42 Å². The van der Waals surface area contributed by atoms with Gasteiger partial charge in [0.05, 0.1) is 18.1 Å². The van der Waals surface area contributed by atoms with Gasteiger partial charge in [-0.05, 0) is 37.3 Å². The van der Waals surface area contributed by atoms with Crippen molar-refractivity contribution >= 4 is 10.0 Å². The van der Waals surface area contributed by atoms with E-state index < -0.39 is 10.0 Å². The zero-order valence-corrected chi connectivity index (χ0v) is 15.1. The van der Waals surface area contributed by atoms with Gasteiger partial charge in [0.15, 0.2) is 0 Å². The Morgan fingerprint density at radius 3 is 2.52 bits per heavy atom. The molecule has 1 aromatic carbocycles. The fraction of sp³-hybridized carbons (Fsp3) is 0.353. The van der Waals surface area contributed by atoms with Crippen LogP contribution in [0.2, 0.25) is 0 Å². The molecule has 0 amide bonds. The van der Waals surface area contributed by atoms with Crippen LogP contribution >= 0.6 is 0 Å². The highest BCUT2D eigenvalue weighted by Gasteiger charge is 2.15. The van der Waals surface area contributed by atoms with Crippen molar-refractivity contribution in [2.75, 3.05) is 26.9 Å². The predicted molar refractivity (Wildman–Crippen MR) is 93.2 cm³/mol. The second-order valence-corrected chi connectivity index (χ2v) is 6.80. The Balaban J connectivity index is 2.02. The van der Waals surface area contributed by atoms with Crippen LogP contribution < -0.4 is 14.2 Å². The van der Waals surface area contributed by atoms with Crippen molar-refractivity contribution in [1.29, 1.82) is 0 Å². The Hall–Kier alpha value is -2.16. The monoisotopic (exact) mass is 366 g/mol. The second kappa shape index (κ2) is 9.36. The lowest BCUT2D eigenvalue weighted by Crippen LogP contribution is -2.23. The number of methoxy groups -OCH3 is 1. The molecular formula is C17H22N2O5S. The minimum absolute atomic E-state index is 0.0948. The summed E-state index contributed by atoms with van der Waals surface area (Å²) in [6, 6.07) is 9.72. The molecule has 0 fully saturated rings. The molecule has 0 radical (unpaired) electrons. The minimum Gasteiger partial charge on any atom is -0.491 e. The largest absolute Gasteiger partial charge is 0.491 e. The van der Waals surface area contributed by atoms with Gasteiger partial charge in [0.25, 0.3) is 0 Å². The number of hydrogen-bond donors (Lipinski definition) is 1. The average Bonchev–Trinajstić information content (AvgIpc) is 2.62. The Bertz CT molecular complexity index is 763. The van der Waals surface area contributed by atoms with Gasteiger partial charge in [0.2, 0.25) is 15.9 Å². The summed E-state index contributed by atoms with van der Waals surface area (Å²) in [4.78, 5) is 4.27. The van der Waals surface area contributed by atoms with Gasteiger partial charge in [-0.3, -0.25) is 0 Å². The molecule has 2 aromatic rings. The van der Waals surface area contributed by atoms with Crippen LogP contribution in [0.15, 0.2) is 47.5 Å². The average molecular weight is 366 g/mol. The summed E-state index contributed by atoms with van der Waals surface area (Å²) in [7, 11) is -2.06. The number of pyridine rings is 1. The molecule has 2 rings (SSSR count). The highest BCUT2D eigenvalue weighted by molar-refractivity contribution is 7.89. The standard InChI is InChI=1S/C17H22N2O5S/c1-3-23-17-14(5-4-10-18-17)13-19-25(20,21)16-8-6-15(7-9-16)24-12-11-22-2/h4-10,19H,3,11-13H2,1-2H3. The SMILES string of the molecule is CCOc1ncccc1CNS(=O)(=O)c1ccc(OCCOC)cc1. The molecule has 136 valence electrons. The van der Waals surface area contributed by atoms with Crippen molar-refractivity contribution in [2.24, 2.45) is 0 Å². The van der Waals surface area contributed by atoms with Gasteiger partial charge < -0.3 is 14.2 Å². The summed E-state index contributed by atoms with van der Waals surface area (Å²) in [5.41, 5.74) is 0.674. The van der Waals surface area contributed by atoms with E-state index in [1.165, 1.54) is 12.1 Å². The fourth-order valence-electron chi connectivity index (χ4n) is 2.04. The van der Waals surface area contributed by atoms with Gasteiger partial charge in [-0.2, -0.15) is 0 Å². The molecule has 0 aliphatic carbocycles. The zero-order chi connectivity index (χ0) is 18.1. The molecular weight excluding hydrogens is 344 g/mol. The van der Waals surface area contributed by atoms with E-state index in [2.05, 4.69) is 9.71 Å². The number of aromatic nitrogens is 1. The van der Waals surface area contributed by atoms with Crippen molar-refractivity contribution in [3.8, 4) is 11.6 Å². The van der Waals surface area contributed by atoms with Gasteiger partial charge in [-0.25, -0.2) is 18.1 Å². The molecule has 0 unspecified atom stereocenters. The highest BCUT2D eigenvalue weighted by Crippen LogP contribution is 2.18. The Morgan fingerprint density at radius 2 is 1.84 bits per heavy atom. The molecule has 0 saturated carbocycles. The first kappa shape index (κ1) is 19.2. The number of hydrogen-bond acceptors (Lipinski definition) is 6. The van der Waals surface area contributed by atoms with Crippen LogP contribution in [0.4, 0.5) is 0 Å². The predicted octanol–water partition coefficient (Wildman–Crippen LogP) is 1.98. The fourth-order valence-corrected chi connectivity index (χ4v) is 3.05. The van der Waals surface area contributed by atoms with E-state index in [1.54, 1.807) is 37.6 Å². The van der Waals surface area contributed by atoms with Crippen molar-refractivity contribution in [3.05, 3.63) is 48.2 Å². The quantitative estimate of drug-likeness (QED) is 0.647. The van der Waals surface area contributed by atoms with Gasteiger partial charge >= 0.3 is 0 Å². The number of nitrogens with zero attached hydrogens (tertiary/aromatic N) is 1. The number of rotatable bonds is 10. The Kier molecular flexibility index (Phi) is 7.17. The van der Waals surface area contributed by atoms with E-state index in [-0.39, 0.29) is 11.4 Å². The van der Waals surface area contributed by atoms with Crippen molar-refractivity contribution in [2.45, 2.75) is 18.4 Å². The van der Waals surface area contributed by atoms with E-state index in [1.807, 2.05) is 6.92 Å². The van der Waals surface area contributed by atoms with Crippen LogP contribution in [0.5, 0.6) is 11.6 Å². The number of sulfonamides is 1. The third-order valence-corrected chi connectivity index (χ3v) is 4.69. The molecule has 8 heteroatoms. The Morgan fingerprint density at radius 1 is 1.08 bits per heavy atom. The summed E-state index contributed by atoms with van der Waals surface area (Å²) < 4.78 is 43.1. The molecule has 1 N–H and O–H groups in total. The molecule has 25 heavy (non-hydrogen) atoms. The van der Waals surface area contributed by atoms with Crippen molar-refractivity contribution in [1.82, 2.24) is 9.71 Å². The molecule has 0 aliphatic rings. The summed E-state index contributed by atoms with van der Waals surface area (Å²) in [5, 5.41) is 0. The maximum absolute atomic E-state index is 12.4. The van der Waals surface area contributed by atoms with Gasteiger partial charge in [0, 0.05) is 25.4 Å². The van der Waals surface area contributed by atoms with E-state index in [0.29, 0.717) is 37.0 Å². The lowest BCUT2D eigenvalue weighted by atomic mass is 10.3. The van der Waals surface area contributed by atoms with Crippen LogP contribution in [0.3, 0.4) is 0 Å². The van der Waals surface area contributed by atoms with Gasteiger partial charge in [-0.1, -0.05) is 6.07 Å². The molecule has 0 bridgehead atoms. The van der Waals surface area contributed by atoms with Crippen molar-refractivity contribution in [3.63, 3.8) is 0 Å². The maximum atomic E-state index is 12.4. The molecule has 1 heterocycles. The van der Waals surface area contributed by atoms with Crippen LogP contribution in [0, 0.1) is 0 Å². The first-order valence-corrected chi connectivity index (χ1v) is 9.33. The topological polar surface area (TPSA) is 86.8 Å². The third kappa shape index (κ3) is 5.70. The van der Waals surface area contributed by atoms with Gasteiger partial charge in [-0.15, -0.1) is 0 Å². The minimum atomic E-state index is -3.65. The lowest BCUT2D eigenvalue weighted by Gasteiger charge is -2.11. The summed E-state index contributed by atoms with van der Waals surface area (Å²) in [5.74, 6) is 1.01. The summed E-state index contributed by atoms with van der Waals surface area (Å²) in [6.45, 7) is 3.27. The second-order valence-electron chi connectivity index (χ2n) is 5.04. The van der Waals surface area contributed by atoms with E-state index in [0.717, 1.165) is 0 Å². The molecule has 7 nitrogen and oxygen atoms in total. The van der Waals surface area contributed by atoms with Gasteiger partial charge in [0.1, 0.15) is 12.4 Å². The van der Waals surface area contributed by atoms with E-state index in [4.69, 9.17) is 14.2 Å². The highest BCUT2D eigenvalue weighted by atomic mass is 32.2.